The molecule has 3 rings (SSSR count). The summed E-state index contributed by atoms with van der Waals surface area (Å²) in [6, 6.07) is 9.80. The van der Waals surface area contributed by atoms with Crippen LogP contribution < -0.4 is 5.73 Å². The Bertz CT molecular complexity index is 728. The highest BCUT2D eigenvalue weighted by molar-refractivity contribution is 5.92. The molecule has 4 nitrogen and oxygen atoms in total. The van der Waals surface area contributed by atoms with Crippen LogP contribution in [-0.2, 0) is 7.05 Å². The van der Waals surface area contributed by atoms with Gasteiger partial charge in [0.25, 0.3) is 0 Å². The monoisotopic (exact) mass is 238 g/mol. The minimum atomic E-state index is 0.749. The van der Waals surface area contributed by atoms with Gasteiger partial charge >= 0.3 is 0 Å². The van der Waals surface area contributed by atoms with Crippen LogP contribution in [0.3, 0.4) is 0 Å². The van der Waals surface area contributed by atoms with Gasteiger partial charge in [-0.15, -0.1) is 0 Å². The summed E-state index contributed by atoms with van der Waals surface area (Å²) in [6.45, 7) is 2.02. The number of benzene rings is 1. The van der Waals surface area contributed by atoms with Gasteiger partial charge in [-0.2, -0.15) is 5.10 Å². The number of fused-ring (bicyclic) bond motifs is 1. The predicted octanol–water partition coefficient (Wildman–Crippen LogP) is 2.53. The molecule has 0 atom stereocenters. The number of rotatable bonds is 1. The van der Waals surface area contributed by atoms with Gasteiger partial charge in [-0.3, -0.25) is 4.68 Å². The van der Waals surface area contributed by atoms with E-state index in [1.165, 1.54) is 0 Å². The van der Waals surface area contributed by atoms with Gasteiger partial charge < -0.3 is 5.73 Å². The second kappa shape index (κ2) is 3.84. The molecule has 0 radical (unpaired) electrons. The molecular formula is C14H14N4. The molecule has 2 heterocycles. The molecule has 0 saturated heterocycles. The number of aryl methyl sites for hydroxylation is 1. The molecule has 0 spiro atoms. The Labute approximate surface area is 105 Å². The lowest BCUT2D eigenvalue weighted by Gasteiger charge is -2.06. The van der Waals surface area contributed by atoms with Gasteiger partial charge in [-0.25, -0.2) is 4.98 Å². The maximum absolute atomic E-state index is 6.08. The Morgan fingerprint density at radius 2 is 2.00 bits per heavy atom. The average molecular weight is 238 g/mol. The second-order valence-corrected chi connectivity index (χ2v) is 4.38. The van der Waals surface area contributed by atoms with Crippen LogP contribution >= 0.6 is 0 Å². The van der Waals surface area contributed by atoms with E-state index in [1.54, 1.807) is 0 Å². The largest absolute Gasteiger partial charge is 0.398 e. The maximum atomic E-state index is 6.08. The first-order chi connectivity index (χ1) is 8.66. The van der Waals surface area contributed by atoms with Crippen LogP contribution in [0.1, 0.15) is 5.69 Å². The molecule has 0 aliphatic rings. The van der Waals surface area contributed by atoms with Crippen LogP contribution in [0.25, 0.3) is 22.2 Å². The third-order valence-corrected chi connectivity index (χ3v) is 3.26. The van der Waals surface area contributed by atoms with E-state index >= 15 is 0 Å². The summed E-state index contributed by atoms with van der Waals surface area (Å²) in [5, 5.41) is 5.23. The summed E-state index contributed by atoms with van der Waals surface area (Å²) < 4.78 is 1.84. The SMILES string of the molecule is Cc1c(-c2cc(N)c3ccccc3n2)cnn1C. The van der Waals surface area contributed by atoms with Crippen LogP contribution in [-0.4, -0.2) is 14.8 Å². The normalized spacial score (nSPS) is 11.0. The molecule has 2 aromatic heterocycles. The summed E-state index contributed by atoms with van der Waals surface area (Å²) in [6.07, 6.45) is 1.83. The summed E-state index contributed by atoms with van der Waals surface area (Å²) in [7, 11) is 1.92. The molecular weight excluding hydrogens is 224 g/mol. The van der Waals surface area contributed by atoms with Crippen LogP contribution in [0, 0.1) is 6.92 Å². The van der Waals surface area contributed by atoms with Gasteiger partial charge in [0.2, 0.25) is 0 Å². The molecule has 0 unspecified atom stereocenters. The van der Waals surface area contributed by atoms with E-state index in [9.17, 15) is 0 Å². The van der Waals surface area contributed by atoms with E-state index in [4.69, 9.17) is 5.73 Å². The molecule has 90 valence electrons. The van der Waals surface area contributed by atoms with E-state index in [2.05, 4.69) is 10.1 Å². The quantitative estimate of drug-likeness (QED) is 0.708. The Morgan fingerprint density at radius 1 is 1.22 bits per heavy atom. The third-order valence-electron chi connectivity index (χ3n) is 3.26. The van der Waals surface area contributed by atoms with Gasteiger partial charge in [-0.1, -0.05) is 18.2 Å². The van der Waals surface area contributed by atoms with Crippen molar-refractivity contribution in [3.63, 3.8) is 0 Å². The second-order valence-electron chi connectivity index (χ2n) is 4.38. The van der Waals surface area contributed by atoms with E-state index in [-0.39, 0.29) is 0 Å². The molecule has 3 aromatic rings. The van der Waals surface area contributed by atoms with Gasteiger partial charge in [0.1, 0.15) is 0 Å². The zero-order valence-corrected chi connectivity index (χ0v) is 10.4. The number of para-hydroxylation sites is 1. The smallest absolute Gasteiger partial charge is 0.0764 e. The molecule has 0 amide bonds. The first-order valence-corrected chi connectivity index (χ1v) is 5.81. The van der Waals surface area contributed by atoms with Crippen molar-refractivity contribution in [2.45, 2.75) is 6.92 Å². The number of pyridine rings is 1. The molecule has 0 saturated carbocycles. The number of aromatic nitrogens is 3. The molecule has 0 fully saturated rings. The van der Waals surface area contributed by atoms with Crippen LogP contribution in [0.2, 0.25) is 0 Å². The van der Waals surface area contributed by atoms with Crippen molar-refractivity contribution in [3.05, 3.63) is 42.2 Å². The lowest BCUT2D eigenvalue weighted by atomic mass is 10.1. The Morgan fingerprint density at radius 3 is 2.72 bits per heavy atom. The van der Waals surface area contributed by atoms with Crippen molar-refractivity contribution in [2.75, 3.05) is 5.73 Å². The van der Waals surface area contributed by atoms with Crippen LogP contribution in [0.4, 0.5) is 5.69 Å². The fraction of sp³-hybridized carbons (Fsp3) is 0.143. The van der Waals surface area contributed by atoms with Crippen molar-refractivity contribution in [3.8, 4) is 11.3 Å². The lowest BCUT2D eigenvalue weighted by molar-refractivity contribution is 0.740. The van der Waals surface area contributed by atoms with Crippen molar-refractivity contribution >= 4 is 16.6 Å². The zero-order valence-electron chi connectivity index (χ0n) is 10.4. The van der Waals surface area contributed by atoms with E-state index in [1.807, 2.05) is 55.2 Å². The molecule has 1 aromatic carbocycles. The number of nitrogens with zero attached hydrogens (tertiary/aromatic N) is 3. The summed E-state index contributed by atoms with van der Waals surface area (Å²) >= 11 is 0. The first kappa shape index (κ1) is 10.8. The van der Waals surface area contributed by atoms with Crippen molar-refractivity contribution in [1.29, 1.82) is 0 Å². The zero-order chi connectivity index (χ0) is 12.7. The minimum absolute atomic E-state index is 0.749. The number of hydrogen-bond donors (Lipinski definition) is 1. The number of hydrogen-bond acceptors (Lipinski definition) is 3. The van der Waals surface area contributed by atoms with E-state index in [0.29, 0.717) is 0 Å². The highest BCUT2D eigenvalue weighted by atomic mass is 15.3. The summed E-state index contributed by atoms with van der Waals surface area (Å²) in [4.78, 5) is 4.65. The van der Waals surface area contributed by atoms with E-state index < -0.39 is 0 Å². The number of anilines is 1. The molecule has 18 heavy (non-hydrogen) atoms. The van der Waals surface area contributed by atoms with Gasteiger partial charge in [-0.05, 0) is 19.1 Å². The van der Waals surface area contributed by atoms with Crippen molar-refractivity contribution in [1.82, 2.24) is 14.8 Å². The van der Waals surface area contributed by atoms with Gasteiger partial charge in [0, 0.05) is 29.4 Å². The number of nitrogens with two attached hydrogens (primary N) is 1. The Hall–Kier alpha value is -2.36. The molecule has 4 heteroatoms. The molecule has 0 aliphatic carbocycles. The summed E-state index contributed by atoms with van der Waals surface area (Å²) in [5.41, 5.74) is 10.7. The minimum Gasteiger partial charge on any atom is -0.398 e. The van der Waals surface area contributed by atoms with Gasteiger partial charge in [0.15, 0.2) is 0 Å². The Kier molecular flexibility index (Phi) is 2.30. The fourth-order valence-corrected chi connectivity index (χ4v) is 2.09. The topological polar surface area (TPSA) is 56.7 Å². The standard InChI is InChI=1S/C14H14N4/c1-9-11(8-16-18(9)2)14-7-12(15)10-5-3-4-6-13(10)17-14/h3-8H,1-2H3,(H2,15,17). The molecule has 2 N–H and O–H groups in total. The fourth-order valence-electron chi connectivity index (χ4n) is 2.09. The Balaban J connectivity index is 2.28. The third kappa shape index (κ3) is 1.54. The lowest BCUT2D eigenvalue weighted by Crippen LogP contribution is -1.95. The van der Waals surface area contributed by atoms with E-state index in [0.717, 1.165) is 33.5 Å². The van der Waals surface area contributed by atoms with Crippen LogP contribution in [0.15, 0.2) is 36.5 Å². The molecule has 0 aliphatic heterocycles. The number of nitrogen functional groups attached to an aromatic ring is 1. The highest BCUT2D eigenvalue weighted by Gasteiger charge is 2.10. The van der Waals surface area contributed by atoms with Crippen LogP contribution in [0.5, 0.6) is 0 Å². The first-order valence-electron chi connectivity index (χ1n) is 5.81. The van der Waals surface area contributed by atoms with Crippen molar-refractivity contribution in [2.24, 2.45) is 7.05 Å². The highest BCUT2D eigenvalue weighted by Crippen LogP contribution is 2.27. The maximum Gasteiger partial charge on any atom is 0.0764 e. The van der Waals surface area contributed by atoms with Gasteiger partial charge in [0.05, 0.1) is 17.4 Å². The van der Waals surface area contributed by atoms with Crippen molar-refractivity contribution < 1.29 is 0 Å². The summed E-state index contributed by atoms with van der Waals surface area (Å²) in [5.74, 6) is 0. The average Bonchev–Trinajstić information content (AvgIpc) is 2.70. The molecule has 0 bridgehead atoms. The predicted molar refractivity (Wildman–Crippen MR) is 73.1 cm³/mol.